The summed E-state index contributed by atoms with van der Waals surface area (Å²) in [4.78, 5) is 0. The number of benzene rings is 1. The average Bonchev–Trinajstić information content (AvgIpc) is 2.29. The highest BCUT2D eigenvalue weighted by molar-refractivity contribution is 5.52. The van der Waals surface area contributed by atoms with E-state index in [4.69, 9.17) is 0 Å². The van der Waals surface area contributed by atoms with E-state index in [1.165, 1.54) is 11.3 Å². The Hall–Kier alpha value is -1.02. The standard InChI is InChI=1S/C14H21NO/c1-4-10-7-5-6-8-11(10)15-12-9-13(16)14(12,2)3/h5-8,12-13,15-16H,4,9H2,1-3H3. The topological polar surface area (TPSA) is 32.3 Å². The van der Waals surface area contributed by atoms with Gasteiger partial charge in [0.15, 0.2) is 0 Å². The Morgan fingerprint density at radius 2 is 2.06 bits per heavy atom. The molecule has 2 heteroatoms. The molecule has 1 aliphatic rings. The Bertz CT molecular complexity index is 373. The fraction of sp³-hybridized carbons (Fsp3) is 0.571. The van der Waals surface area contributed by atoms with Crippen LogP contribution in [0.25, 0.3) is 0 Å². The van der Waals surface area contributed by atoms with Crippen LogP contribution in [0.2, 0.25) is 0 Å². The van der Waals surface area contributed by atoms with E-state index in [1.54, 1.807) is 0 Å². The highest BCUT2D eigenvalue weighted by Crippen LogP contribution is 2.42. The Kier molecular flexibility index (Phi) is 2.94. The monoisotopic (exact) mass is 219 g/mol. The third-order valence-electron chi connectivity index (χ3n) is 3.94. The minimum Gasteiger partial charge on any atom is -0.392 e. The molecule has 2 N–H and O–H groups in total. The van der Waals surface area contributed by atoms with E-state index in [9.17, 15) is 5.11 Å². The Balaban J connectivity index is 2.11. The summed E-state index contributed by atoms with van der Waals surface area (Å²) in [5.74, 6) is 0. The maximum atomic E-state index is 9.71. The van der Waals surface area contributed by atoms with Crippen LogP contribution in [0, 0.1) is 5.41 Å². The lowest BCUT2D eigenvalue weighted by atomic mass is 9.64. The summed E-state index contributed by atoms with van der Waals surface area (Å²) >= 11 is 0. The van der Waals surface area contributed by atoms with Crippen molar-refractivity contribution < 1.29 is 5.11 Å². The number of hydrogen-bond donors (Lipinski definition) is 2. The summed E-state index contributed by atoms with van der Waals surface area (Å²) < 4.78 is 0. The molecule has 1 aliphatic carbocycles. The van der Waals surface area contributed by atoms with Crippen molar-refractivity contribution in [3.05, 3.63) is 29.8 Å². The zero-order chi connectivity index (χ0) is 11.8. The first-order valence-electron chi connectivity index (χ1n) is 6.08. The van der Waals surface area contributed by atoms with Gasteiger partial charge in [0, 0.05) is 17.1 Å². The van der Waals surface area contributed by atoms with E-state index in [1.807, 2.05) is 0 Å². The molecule has 0 aliphatic heterocycles. The van der Waals surface area contributed by atoms with Crippen LogP contribution in [0.1, 0.15) is 32.8 Å². The van der Waals surface area contributed by atoms with Crippen LogP contribution < -0.4 is 5.32 Å². The number of para-hydroxylation sites is 1. The van der Waals surface area contributed by atoms with Gasteiger partial charge in [-0.05, 0) is 24.5 Å². The summed E-state index contributed by atoms with van der Waals surface area (Å²) in [6, 6.07) is 8.80. The zero-order valence-electron chi connectivity index (χ0n) is 10.3. The molecule has 2 rings (SSSR count). The zero-order valence-corrected chi connectivity index (χ0v) is 10.3. The molecule has 2 unspecified atom stereocenters. The fourth-order valence-corrected chi connectivity index (χ4v) is 2.30. The first-order chi connectivity index (χ1) is 7.55. The second-order valence-corrected chi connectivity index (χ2v) is 5.28. The summed E-state index contributed by atoms with van der Waals surface area (Å²) in [6.45, 7) is 6.40. The van der Waals surface area contributed by atoms with Crippen molar-refractivity contribution in [3.8, 4) is 0 Å². The maximum absolute atomic E-state index is 9.71. The maximum Gasteiger partial charge on any atom is 0.0630 e. The number of hydrogen-bond acceptors (Lipinski definition) is 2. The van der Waals surface area contributed by atoms with Gasteiger partial charge in [-0.3, -0.25) is 0 Å². The summed E-state index contributed by atoms with van der Waals surface area (Å²) in [5, 5.41) is 13.3. The number of rotatable bonds is 3. The predicted octanol–water partition coefficient (Wildman–Crippen LogP) is 2.82. The number of aryl methyl sites for hydroxylation is 1. The van der Waals surface area contributed by atoms with Crippen LogP contribution in [-0.2, 0) is 6.42 Å². The molecule has 1 aromatic rings. The Morgan fingerprint density at radius 1 is 1.38 bits per heavy atom. The first kappa shape index (κ1) is 11.5. The van der Waals surface area contributed by atoms with Gasteiger partial charge >= 0.3 is 0 Å². The number of nitrogens with one attached hydrogen (secondary N) is 1. The molecule has 16 heavy (non-hydrogen) atoms. The van der Waals surface area contributed by atoms with Crippen molar-refractivity contribution in [1.29, 1.82) is 0 Å². The number of anilines is 1. The van der Waals surface area contributed by atoms with Crippen molar-refractivity contribution in [2.45, 2.75) is 45.8 Å². The van der Waals surface area contributed by atoms with Crippen molar-refractivity contribution in [2.24, 2.45) is 5.41 Å². The SMILES string of the molecule is CCc1ccccc1NC1CC(O)C1(C)C. The number of aliphatic hydroxyl groups is 1. The van der Waals surface area contributed by atoms with E-state index in [0.29, 0.717) is 6.04 Å². The smallest absolute Gasteiger partial charge is 0.0630 e. The highest BCUT2D eigenvalue weighted by atomic mass is 16.3. The normalized spacial score (nSPS) is 27.2. The predicted molar refractivity (Wildman–Crippen MR) is 67.6 cm³/mol. The molecule has 0 bridgehead atoms. The lowest BCUT2D eigenvalue weighted by Gasteiger charge is -2.50. The molecule has 0 aromatic heterocycles. The van der Waals surface area contributed by atoms with Crippen molar-refractivity contribution >= 4 is 5.69 Å². The Labute approximate surface area is 97.7 Å². The van der Waals surface area contributed by atoms with Gasteiger partial charge in [-0.1, -0.05) is 39.0 Å². The lowest BCUT2D eigenvalue weighted by molar-refractivity contribution is -0.0510. The minimum atomic E-state index is -0.168. The molecule has 1 aromatic carbocycles. The third kappa shape index (κ3) is 1.82. The van der Waals surface area contributed by atoms with Gasteiger partial charge in [-0.15, -0.1) is 0 Å². The van der Waals surface area contributed by atoms with Crippen molar-refractivity contribution in [1.82, 2.24) is 0 Å². The number of aliphatic hydroxyl groups excluding tert-OH is 1. The molecule has 0 saturated heterocycles. The van der Waals surface area contributed by atoms with Gasteiger partial charge in [0.25, 0.3) is 0 Å². The molecule has 0 spiro atoms. The van der Waals surface area contributed by atoms with Crippen LogP contribution in [0.5, 0.6) is 0 Å². The molecule has 88 valence electrons. The molecule has 1 fully saturated rings. The van der Waals surface area contributed by atoms with Gasteiger partial charge < -0.3 is 10.4 Å². The third-order valence-corrected chi connectivity index (χ3v) is 3.94. The Morgan fingerprint density at radius 3 is 2.62 bits per heavy atom. The molecule has 0 amide bonds. The summed E-state index contributed by atoms with van der Waals surface area (Å²) in [7, 11) is 0. The summed E-state index contributed by atoms with van der Waals surface area (Å²) in [5.41, 5.74) is 2.55. The minimum absolute atomic E-state index is 0.0130. The van der Waals surface area contributed by atoms with Gasteiger partial charge in [0.05, 0.1) is 6.10 Å². The molecular formula is C14H21NO. The van der Waals surface area contributed by atoms with E-state index < -0.39 is 0 Å². The van der Waals surface area contributed by atoms with E-state index in [0.717, 1.165) is 12.8 Å². The molecule has 0 radical (unpaired) electrons. The van der Waals surface area contributed by atoms with Crippen LogP contribution in [0.15, 0.2) is 24.3 Å². The molecular weight excluding hydrogens is 198 g/mol. The lowest BCUT2D eigenvalue weighted by Crippen LogP contribution is -2.57. The largest absolute Gasteiger partial charge is 0.392 e. The van der Waals surface area contributed by atoms with Crippen LogP contribution in [0.3, 0.4) is 0 Å². The van der Waals surface area contributed by atoms with Crippen LogP contribution in [0.4, 0.5) is 5.69 Å². The highest BCUT2D eigenvalue weighted by Gasteiger charge is 2.47. The second-order valence-electron chi connectivity index (χ2n) is 5.28. The first-order valence-corrected chi connectivity index (χ1v) is 6.08. The van der Waals surface area contributed by atoms with Gasteiger partial charge in [-0.2, -0.15) is 0 Å². The quantitative estimate of drug-likeness (QED) is 0.819. The molecule has 1 saturated carbocycles. The van der Waals surface area contributed by atoms with Gasteiger partial charge in [0.1, 0.15) is 0 Å². The van der Waals surface area contributed by atoms with Crippen LogP contribution in [-0.4, -0.2) is 17.3 Å². The fourth-order valence-electron chi connectivity index (χ4n) is 2.30. The van der Waals surface area contributed by atoms with Crippen LogP contribution >= 0.6 is 0 Å². The molecule has 2 atom stereocenters. The van der Waals surface area contributed by atoms with Gasteiger partial charge in [-0.25, -0.2) is 0 Å². The van der Waals surface area contributed by atoms with Crippen molar-refractivity contribution in [2.75, 3.05) is 5.32 Å². The van der Waals surface area contributed by atoms with E-state index >= 15 is 0 Å². The molecule has 2 nitrogen and oxygen atoms in total. The van der Waals surface area contributed by atoms with E-state index in [2.05, 4.69) is 50.4 Å². The summed E-state index contributed by atoms with van der Waals surface area (Å²) in [6.07, 6.45) is 1.72. The average molecular weight is 219 g/mol. The van der Waals surface area contributed by atoms with E-state index in [-0.39, 0.29) is 11.5 Å². The molecule has 0 heterocycles. The van der Waals surface area contributed by atoms with Gasteiger partial charge in [0.2, 0.25) is 0 Å². The second kappa shape index (κ2) is 4.10. The van der Waals surface area contributed by atoms with Crippen molar-refractivity contribution in [3.63, 3.8) is 0 Å².